The van der Waals surface area contributed by atoms with E-state index in [1.54, 1.807) is 13.1 Å². The monoisotopic (exact) mass is 353 g/mol. The molecule has 18 heavy (non-hydrogen) atoms. The molecule has 0 heterocycles. The van der Waals surface area contributed by atoms with Gasteiger partial charge in [0, 0.05) is 17.6 Å². The summed E-state index contributed by atoms with van der Waals surface area (Å²) in [5.74, 6) is 0. The molecule has 100 valence electrons. The van der Waals surface area contributed by atoms with Gasteiger partial charge in [0.15, 0.2) is 0 Å². The highest BCUT2D eigenvalue weighted by atomic mass is 79.9. The first-order chi connectivity index (χ1) is 7.99. The molecule has 0 saturated heterocycles. The van der Waals surface area contributed by atoms with E-state index in [0.29, 0.717) is 23.1 Å². The molecule has 0 aromatic heterocycles. The van der Waals surface area contributed by atoms with Crippen LogP contribution >= 0.6 is 28.3 Å². The Hall–Kier alpha value is -0.650. The minimum absolute atomic E-state index is 0. The number of hydrogen-bond donors (Lipinski definition) is 2. The summed E-state index contributed by atoms with van der Waals surface area (Å²) in [5.41, 5.74) is 0.299. The minimum Gasteiger partial charge on any atom is -0.318 e. The van der Waals surface area contributed by atoms with Crippen molar-refractivity contribution < 1.29 is 8.42 Å². The van der Waals surface area contributed by atoms with E-state index >= 15 is 0 Å². The first-order valence-corrected chi connectivity index (χ1v) is 7.12. The normalized spacial score (nSPS) is 10.5. The number of sulfonamides is 1. The highest BCUT2D eigenvalue weighted by Crippen LogP contribution is 2.18. The van der Waals surface area contributed by atoms with Crippen LogP contribution in [0.4, 0.5) is 0 Å². The molecule has 0 fully saturated rings. The van der Waals surface area contributed by atoms with Gasteiger partial charge >= 0.3 is 0 Å². The van der Waals surface area contributed by atoms with Gasteiger partial charge in [-0.25, -0.2) is 13.1 Å². The van der Waals surface area contributed by atoms with Crippen molar-refractivity contribution in [3.05, 3.63) is 28.2 Å². The molecule has 0 aliphatic heterocycles. The predicted octanol–water partition coefficient (Wildman–Crippen LogP) is 1.24. The largest absolute Gasteiger partial charge is 0.318 e. The second-order valence-corrected chi connectivity index (χ2v) is 5.97. The van der Waals surface area contributed by atoms with E-state index in [9.17, 15) is 8.42 Å². The van der Waals surface area contributed by atoms with Gasteiger partial charge in [-0.05, 0) is 25.2 Å². The Balaban J connectivity index is 0.00000289. The van der Waals surface area contributed by atoms with Crippen molar-refractivity contribution in [3.63, 3.8) is 0 Å². The zero-order valence-corrected chi connectivity index (χ0v) is 12.8. The van der Waals surface area contributed by atoms with Crippen LogP contribution in [-0.4, -0.2) is 28.6 Å². The van der Waals surface area contributed by atoms with Crippen LogP contribution in [0.2, 0.25) is 0 Å². The third-order valence-electron chi connectivity index (χ3n) is 1.98. The van der Waals surface area contributed by atoms with Gasteiger partial charge in [-0.1, -0.05) is 15.9 Å². The average molecular weight is 355 g/mol. The Morgan fingerprint density at radius 2 is 2.00 bits per heavy atom. The van der Waals surface area contributed by atoms with Crippen molar-refractivity contribution in [3.8, 4) is 6.07 Å². The van der Waals surface area contributed by atoms with E-state index in [2.05, 4.69) is 26.0 Å². The first kappa shape index (κ1) is 17.4. The predicted molar refractivity (Wildman–Crippen MR) is 75.2 cm³/mol. The Labute approximate surface area is 121 Å². The highest BCUT2D eigenvalue weighted by molar-refractivity contribution is 9.10. The summed E-state index contributed by atoms with van der Waals surface area (Å²) in [5, 5.41) is 11.6. The van der Waals surface area contributed by atoms with Crippen LogP contribution in [0.5, 0.6) is 0 Å². The maximum absolute atomic E-state index is 11.9. The number of likely N-dealkylation sites (N-methyl/N-ethyl adjacent to an activating group) is 1. The molecule has 0 bridgehead atoms. The number of nitriles is 1. The molecule has 0 spiro atoms. The lowest BCUT2D eigenvalue weighted by atomic mass is 10.2. The molecule has 0 aliphatic rings. The van der Waals surface area contributed by atoms with Gasteiger partial charge in [0.1, 0.15) is 0 Å². The quantitative estimate of drug-likeness (QED) is 0.780. The van der Waals surface area contributed by atoms with Crippen molar-refractivity contribution in [2.24, 2.45) is 0 Å². The van der Waals surface area contributed by atoms with Crippen LogP contribution in [0, 0.1) is 11.3 Å². The molecule has 0 radical (unpaired) electrons. The third-order valence-corrected chi connectivity index (χ3v) is 3.88. The molecule has 0 unspecified atom stereocenters. The van der Waals surface area contributed by atoms with E-state index in [0.717, 1.165) is 0 Å². The summed E-state index contributed by atoms with van der Waals surface area (Å²) in [6, 6.07) is 6.28. The van der Waals surface area contributed by atoms with E-state index in [-0.39, 0.29) is 17.3 Å². The van der Waals surface area contributed by atoms with E-state index < -0.39 is 10.0 Å². The van der Waals surface area contributed by atoms with Gasteiger partial charge in [-0.2, -0.15) is 5.26 Å². The van der Waals surface area contributed by atoms with Crippen molar-refractivity contribution in [2.75, 3.05) is 20.1 Å². The number of rotatable bonds is 5. The fraction of sp³-hybridized carbons (Fsp3) is 0.300. The number of nitrogens with zero attached hydrogens (tertiary/aromatic N) is 1. The van der Waals surface area contributed by atoms with E-state index in [1.165, 1.54) is 12.1 Å². The van der Waals surface area contributed by atoms with Crippen molar-refractivity contribution in [2.45, 2.75) is 4.90 Å². The van der Waals surface area contributed by atoms with Gasteiger partial charge in [-0.3, -0.25) is 0 Å². The molecular formula is C10H13BrClN3O2S. The van der Waals surface area contributed by atoms with Gasteiger partial charge in [0.2, 0.25) is 10.0 Å². The lowest BCUT2D eigenvalue weighted by molar-refractivity contribution is 0.579. The molecule has 2 N–H and O–H groups in total. The summed E-state index contributed by atoms with van der Waals surface area (Å²) in [6.07, 6.45) is 0. The topological polar surface area (TPSA) is 82.0 Å². The number of nitrogens with one attached hydrogen (secondary N) is 2. The molecule has 0 saturated carbocycles. The third kappa shape index (κ3) is 4.92. The van der Waals surface area contributed by atoms with Crippen molar-refractivity contribution in [1.82, 2.24) is 10.0 Å². The van der Waals surface area contributed by atoms with Crippen LogP contribution < -0.4 is 10.0 Å². The summed E-state index contributed by atoms with van der Waals surface area (Å²) < 4.78 is 26.7. The summed E-state index contributed by atoms with van der Waals surface area (Å²) in [4.78, 5) is 0.0829. The standard InChI is InChI=1S/C10H12BrN3O2S.ClH/c1-13-2-3-14-17(15,16)10-5-8(7-12)4-9(11)6-10;/h4-6,13-14H,2-3H2,1H3;1H. The van der Waals surface area contributed by atoms with E-state index in [1.807, 2.05) is 6.07 Å². The second kappa shape index (κ2) is 7.71. The average Bonchev–Trinajstić information content (AvgIpc) is 2.28. The smallest absolute Gasteiger partial charge is 0.240 e. The Morgan fingerprint density at radius 3 is 2.56 bits per heavy atom. The summed E-state index contributed by atoms with van der Waals surface area (Å²) in [7, 11) is -1.82. The second-order valence-electron chi connectivity index (χ2n) is 3.29. The SMILES string of the molecule is CNCCNS(=O)(=O)c1cc(Br)cc(C#N)c1.Cl. The van der Waals surface area contributed by atoms with Gasteiger partial charge in [-0.15, -0.1) is 12.4 Å². The van der Waals surface area contributed by atoms with Gasteiger partial charge < -0.3 is 5.32 Å². The highest BCUT2D eigenvalue weighted by Gasteiger charge is 2.14. The Morgan fingerprint density at radius 1 is 1.33 bits per heavy atom. The maximum atomic E-state index is 11.9. The molecular weight excluding hydrogens is 342 g/mol. The minimum atomic E-state index is -3.56. The molecule has 1 aromatic rings. The lowest BCUT2D eigenvalue weighted by Crippen LogP contribution is -2.30. The fourth-order valence-electron chi connectivity index (χ4n) is 1.18. The number of halogens is 2. The van der Waals surface area contributed by atoms with Crippen LogP contribution in [-0.2, 0) is 10.0 Å². The van der Waals surface area contributed by atoms with Gasteiger partial charge in [0.25, 0.3) is 0 Å². The van der Waals surface area contributed by atoms with Crippen LogP contribution in [0.3, 0.4) is 0 Å². The molecule has 0 amide bonds. The number of benzene rings is 1. The molecule has 0 aliphatic carbocycles. The Bertz CT molecular complexity index is 543. The first-order valence-electron chi connectivity index (χ1n) is 4.84. The van der Waals surface area contributed by atoms with Gasteiger partial charge in [0.05, 0.1) is 16.5 Å². The Kier molecular flexibility index (Phi) is 7.43. The maximum Gasteiger partial charge on any atom is 0.240 e. The molecule has 8 heteroatoms. The summed E-state index contributed by atoms with van der Waals surface area (Å²) >= 11 is 3.17. The van der Waals surface area contributed by atoms with Crippen LogP contribution in [0.25, 0.3) is 0 Å². The molecule has 0 atom stereocenters. The van der Waals surface area contributed by atoms with Crippen molar-refractivity contribution >= 4 is 38.4 Å². The fourth-order valence-corrected chi connectivity index (χ4v) is 2.92. The van der Waals surface area contributed by atoms with Crippen LogP contribution in [0.15, 0.2) is 27.6 Å². The molecule has 1 aromatic carbocycles. The zero-order chi connectivity index (χ0) is 12.9. The van der Waals surface area contributed by atoms with E-state index in [4.69, 9.17) is 5.26 Å². The lowest BCUT2D eigenvalue weighted by Gasteiger charge is -2.07. The van der Waals surface area contributed by atoms with Crippen molar-refractivity contribution in [1.29, 1.82) is 5.26 Å². The number of hydrogen-bond acceptors (Lipinski definition) is 4. The molecule has 5 nitrogen and oxygen atoms in total. The summed E-state index contributed by atoms with van der Waals surface area (Å²) in [6.45, 7) is 0.839. The zero-order valence-electron chi connectivity index (χ0n) is 9.60. The van der Waals surface area contributed by atoms with Crippen LogP contribution in [0.1, 0.15) is 5.56 Å². The molecule has 1 rings (SSSR count).